The van der Waals surface area contributed by atoms with Crippen LogP contribution in [0.25, 0.3) is 0 Å². The van der Waals surface area contributed by atoms with Gasteiger partial charge >= 0.3 is 11.8 Å². The number of hydrogen-bond donors (Lipinski definition) is 2. The molecule has 1 aliphatic rings. The molecule has 2 aromatic carbocycles. The summed E-state index contributed by atoms with van der Waals surface area (Å²) in [6, 6.07) is 13.2. The SMILES string of the molecule is COc1ccccc1CCNC(=O)C(=O)NC[C@@H]1OCCCN1S(=O)(=O)c1ccc(Cl)cc1. The molecule has 11 heteroatoms. The molecule has 0 spiro atoms. The summed E-state index contributed by atoms with van der Waals surface area (Å²) in [6.45, 7) is 0.657. The number of hydrogen-bond acceptors (Lipinski definition) is 6. The fourth-order valence-electron chi connectivity index (χ4n) is 3.41. The molecule has 0 bridgehead atoms. The van der Waals surface area contributed by atoms with E-state index in [2.05, 4.69) is 10.6 Å². The summed E-state index contributed by atoms with van der Waals surface area (Å²) < 4.78 is 38.1. The Morgan fingerprint density at radius 2 is 1.82 bits per heavy atom. The smallest absolute Gasteiger partial charge is 0.309 e. The maximum atomic E-state index is 13.0. The van der Waals surface area contributed by atoms with Gasteiger partial charge in [0, 0.05) is 18.1 Å². The van der Waals surface area contributed by atoms with E-state index in [-0.39, 0.29) is 24.5 Å². The van der Waals surface area contributed by atoms with E-state index < -0.39 is 28.1 Å². The minimum absolute atomic E-state index is 0.0720. The van der Waals surface area contributed by atoms with Gasteiger partial charge in [-0.25, -0.2) is 8.42 Å². The molecular weight excluding hydrogens is 470 g/mol. The molecule has 2 amide bonds. The lowest BCUT2D eigenvalue weighted by Crippen LogP contribution is -2.53. The van der Waals surface area contributed by atoms with Crippen molar-refractivity contribution >= 4 is 33.4 Å². The molecule has 3 rings (SSSR count). The van der Waals surface area contributed by atoms with Crippen molar-refractivity contribution in [2.75, 3.05) is 33.4 Å². The number of carbonyl (C=O) groups is 2. The van der Waals surface area contributed by atoms with E-state index in [1.54, 1.807) is 7.11 Å². The minimum Gasteiger partial charge on any atom is -0.496 e. The molecule has 0 saturated carbocycles. The van der Waals surface area contributed by atoms with E-state index in [1.807, 2.05) is 24.3 Å². The first-order chi connectivity index (χ1) is 15.8. The molecule has 0 radical (unpaired) electrons. The molecule has 2 aromatic rings. The summed E-state index contributed by atoms with van der Waals surface area (Å²) in [6.07, 6.45) is 0.0764. The van der Waals surface area contributed by atoms with Crippen LogP contribution in [0.2, 0.25) is 5.02 Å². The van der Waals surface area contributed by atoms with Gasteiger partial charge in [0.25, 0.3) is 0 Å². The van der Waals surface area contributed by atoms with Gasteiger partial charge in [-0.1, -0.05) is 29.8 Å². The molecule has 1 heterocycles. The lowest BCUT2D eigenvalue weighted by Gasteiger charge is -2.34. The number of nitrogens with zero attached hydrogens (tertiary/aromatic N) is 1. The fraction of sp³-hybridized carbons (Fsp3) is 0.364. The van der Waals surface area contributed by atoms with E-state index in [1.165, 1.54) is 28.6 Å². The average Bonchev–Trinajstić information content (AvgIpc) is 2.83. The molecule has 178 valence electrons. The van der Waals surface area contributed by atoms with Gasteiger partial charge in [0.2, 0.25) is 10.0 Å². The molecular formula is C22H26ClN3O6S. The number of amides is 2. The molecule has 1 saturated heterocycles. The van der Waals surface area contributed by atoms with Crippen LogP contribution in [0.15, 0.2) is 53.4 Å². The highest BCUT2D eigenvalue weighted by atomic mass is 35.5. The first-order valence-electron chi connectivity index (χ1n) is 10.4. The van der Waals surface area contributed by atoms with E-state index in [0.717, 1.165) is 5.56 Å². The van der Waals surface area contributed by atoms with Gasteiger partial charge < -0.3 is 20.1 Å². The van der Waals surface area contributed by atoms with Crippen molar-refractivity contribution < 1.29 is 27.5 Å². The predicted molar refractivity (Wildman–Crippen MR) is 122 cm³/mol. The van der Waals surface area contributed by atoms with E-state index in [0.29, 0.717) is 30.2 Å². The normalized spacial score (nSPS) is 16.7. The monoisotopic (exact) mass is 495 g/mol. The number of para-hydroxylation sites is 1. The predicted octanol–water partition coefficient (Wildman–Crippen LogP) is 1.56. The highest BCUT2D eigenvalue weighted by Gasteiger charge is 2.34. The summed E-state index contributed by atoms with van der Waals surface area (Å²) in [5.41, 5.74) is 0.902. The van der Waals surface area contributed by atoms with Crippen molar-refractivity contribution in [2.24, 2.45) is 0 Å². The zero-order valence-electron chi connectivity index (χ0n) is 18.1. The zero-order chi connectivity index (χ0) is 23.8. The fourth-order valence-corrected chi connectivity index (χ4v) is 5.10. The molecule has 0 aromatic heterocycles. The lowest BCUT2D eigenvalue weighted by atomic mass is 10.1. The molecule has 9 nitrogen and oxygen atoms in total. The number of ether oxygens (including phenoxy) is 2. The Bertz CT molecular complexity index is 1080. The van der Waals surface area contributed by atoms with Crippen LogP contribution < -0.4 is 15.4 Å². The number of carbonyl (C=O) groups excluding carboxylic acids is 2. The molecule has 1 aliphatic heterocycles. The van der Waals surface area contributed by atoms with E-state index in [9.17, 15) is 18.0 Å². The van der Waals surface area contributed by atoms with Crippen LogP contribution >= 0.6 is 11.6 Å². The average molecular weight is 496 g/mol. The third-order valence-corrected chi connectivity index (χ3v) is 7.25. The molecule has 0 aliphatic carbocycles. The summed E-state index contributed by atoms with van der Waals surface area (Å²) in [7, 11) is -2.30. The third kappa shape index (κ3) is 6.44. The van der Waals surface area contributed by atoms with Crippen LogP contribution in [0.3, 0.4) is 0 Å². The van der Waals surface area contributed by atoms with E-state index in [4.69, 9.17) is 21.1 Å². The van der Waals surface area contributed by atoms with Gasteiger partial charge in [0.05, 0.1) is 25.2 Å². The first kappa shape index (κ1) is 25.0. The van der Waals surface area contributed by atoms with Crippen molar-refractivity contribution in [3.05, 3.63) is 59.1 Å². The summed E-state index contributed by atoms with van der Waals surface area (Å²) in [5.74, 6) is -0.978. The third-order valence-electron chi connectivity index (χ3n) is 5.09. The quantitative estimate of drug-likeness (QED) is 0.537. The molecule has 1 atom stereocenters. The van der Waals surface area contributed by atoms with Crippen LogP contribution in [-0.2, 0) is 30.8 Å². The molecule has 2 N–H and O–H groups in total. The Hall–Kier alpha value is -2.66. The topological polar surface area (TPSA) is 114 Å². The number of benzene rings is 2. The Kier molecular flexibility index (Phi) is 8.67. The largest absolute Gasteiger partial charge is 0.496 e. The summed E-state index contributed by atoms with van der Waals surface area (Å²) in [4.78, 5) is 24.5. The first-order valence-corrected chi connectivity index (χ1v) is 12.2. The maximum Gasteiger partial charge on any atom is 0.309 e. The minimum atomic E-state index is -3.86. The van der Waals surface area contributed by atoms with Gasteiger partial charge in [0.1, 0.15) is 12.0 Å². The van der Waals surface area contributed by atoms with Crippen LogP contribution in [0.1, 0.15) is 12.0 Å². The van der Waals surface area contributed by atoms with Crippen molar-refractivity contribution in [1.82, 2.24) is 14.9 Å². The molecule has 0 unspecified atom stereocenters. The second kappa shape index (κ2) is 11.5. The van der Waals surface area contributed by atoms with Crippen LogP contribution in [-0.4, -0.2) is 64.1 Å². The van der Waals surface area contributed by atoms with Gasteiger partial charge in [-0.15, -0.1) is 0 Å². The second-order valence-electron chi connectivity index (χ2n) is 7.28. The van der Waals surface area contributed by atoms with Crippen molar-refractivity contribution in [2.45, 2.75) is 24.0 Å². The number of rotatable bonds is 8. The Labute approximate surface area is 198 Å². The van der Waals surface area contributed by atoms with Gasteiger partial charge in [0.15, 0.2) is 0 Å². The Balaban J connectivity index is 1.54. The highest BCUT2D eigenvalue weighted by molar-refractivity contribution is 7.89. The van der Waals surface area contributed by atoms with Crippen LogP contribution in [0, 0.1) is 0 Å². The van der Waals surface area contributed by atoms with Gasteiger partial charge in [-0.3, -0.25) is 9.59 Å². The summed E-state index contributed by atoms with van der Waals surface area (Å²) >= 11 is 5.85. The number of nitrogens with one attached hydrogen (secondary N) is 2. The molecule has 1 fully saturated rings. The standard InChI is InChI=1S/C22H26ClN3O6S/c1-31-19-6-3-2-5-16(19)11-12-24-21(27)22(28)25-15-20-26(13-4-14-32-20)33(29,30)18-9-7-17(23)8-10-18/h2-3,5-10,20H,4,11-15H2,1H3,(H,24,27)(H,25,28)/t20-/m0/s1. The van der Waals surface area contributed by atoms with Crippen LogP contribution in [0.5, 0.6) is 5.75 Å². The maximum absolute atomic E-state index is 13.0. The Morgan fingerprint density at radius 3 is 2.55 bits per heavy atom. The number of methoxy groups -OCH3 is 1. The van der Waals surface area contributed by atoms with Crippen molar-refractivity contribution in [3.8, 4) is 5.75 Å². The number of sulfonamides is 1. The molecule has 33 heavy (non-hydrogen) atoms. The van der Waals surface area contributed by atoms with Crippen molar-refractivity contribution in [1.29, 1.82) is 0 Å². The van der Waals surface area contributed by atoms with Gasteiger partial charge in [-0.2, -0.15) is 4.31 Å². The summed E-state index contributed by atoms with van der Waals surface area (Å²) in [5, 5.41) is 5.43. The second-order valence-corrected chi connectivity index (χ2v) is 9.60. The number of halogens is 1. The van der Waals surface area contributed by atoms with Gasteiger partial charge in [-0.05, 0) is 48.7 Å². The van der Waals surface area contributed by atoms with Crippen molar-refractivity contribution in [3.63, 3.8) is 0 Å². The van der Waals surface area contributed by atoms with E-state index >= 15 is 0 Å². The lowest BCUT2D eigenvalue weighted by molar-refractivity contribution is -0.140. The Morgan fingerprint density at radius 1 is 1.12 bits per heavy atom. The van der Waals surface area contributed by atoms with Crippen LogP contribution in [0.4, 0.5) is 0 Å². The zero-order valence-corrected chi connectivity index (χ0v) is 19.7. The highest BCUT2D eigenvalue weighted by Crippen LogP contribution is 2.23.